The Morgan fingerprint density at radius 3 is 1.56 bits per heavy atom. The van der Waals surface area contributed by atoms with Crippen molar-refractivity contribution in [2.24, 2.45) is 17.4 Å². The molecular formula is C77H103ClN18O16. The molecule has 1 fully saturated rings. The number of phenols is 1. The maximum atomic E-state index is 15.1. The molecule has 1 saturated heterocycles. The number of fused-ring (bicyclic) bond motifs is 1. The van der Waals surface area contributed by atoms with Crippen molar-refractivity contribution in [2.75, 3.05) is 32.8 Å². The predicted octanol–water partition coefficient (Wildman–Crippen LogP) is -1.03. The number of likely N-dealkylation sites (tertiary alicyclic amines) is 1. The summed E-state index contributed by atoms with van der Waals surface area (Å²) in [6, 6.07) is 12.7. The highest BCUT2D eigenvalue weighted by Gasteiger charge is 2.41. The third kappa shape index (κ3) is 29.9. The first kappa shape index (κ1) is 89.1. The molecule has 1 unspecified atom stereocenters. The number of primary amides is 1. The van der Waals surface area contributed by atoms with Crippen LogP contribution < -0.4 is 80.6 Å². The zero-order valence-corrected chi connectivity index (χ0v) is 64.2. The fourth-order valence-corrected chi connectivity index (χ4v) is 12.5. The number of carbonyl (C=O) groups excluding carboxylic acids is 14. The summed E-state index contributed by atoms with van der Waals surface area (Å²) in [6.07, 6.45) is 2.65. The number of hydrogen-bond donors (Lipinski definition) is 18. The predicted molar refractivity (Wildman–Crippen MR) is 414 cm³/mol. The Labute approximate surface area is 653 Å². The summed E-state index contributed by atoms with van der Waals surface area (Å²) in [6.45, 7) is 7.30. The molecule has 1 aromatic heterocycles. The highest BCUT2D eigenvalue weighted by Crippen LogP contribution is 2.23. The smallest absolute Gasteiger partial charge is 0.245 e. The second kappa shape index (κ2) is 44.7. The number of nitrogens with two attached hydrogens (primary N) is 2. The maximum Gasteiger partial charge on any atom is 0.245 e. The van der Waals surface area contributed by atoms with Crippen molar-refractivity contribution in [3.63, 3.8) is 0 Å². The standard InChI is InChI=1S/C77H103ClN18O16/c1-43(2)34-58(69(105)90-57(18-12-32-84-77(80)81)76(112)96-33-13-19-65(96)75(111)86-44(3)66(79)102)91-68(104)56(17-9-10-31-83-67(103)63(88-47(6)100)41-85-45(4)98)89-71(107)60(37-49-23-28-55(101)29-24-49)94-74(110)64(42-97)95-73(109)62(39-51-14-11-30-82-40-51)93-72(108)61(36-48-21-26-54(78)27-22-48)92-70(106)59(87-46(5)99)38-50-20-25-52-15-7-8-16-53(52)35-50/h7-8,11,14-16,20-30,35,40,43-44,56-65,97,101H,9-10,12-13,17-19,31-34,36-39,41-42H2,1-6H3,(H2,79,102)(H,83,103)(H,85,98)(H,86,111)(H,87,99)(H,88,100)(H,89,107)(H,90,105)(H,91,104)(H,92,106)(H,93,108)(H,94,110)(H,95,109)(H4,80,81,84)/t44-,56-,57+,58+,59-,60+,61-,62-,63?,64+,65+/m1/s1. The van der Waals surface area contributed by atoms with Gasteiger partial charge in [-0.3, -0.25) is 77.5 Å². The van der Waals surface area contributed by atoms with Gasteiger partial charge in [0.25, 0.3) is 0 Å². The van der Waals surface area contributed by atoms with Crippen molar-refractivity contribution >= 4 is 111 Å². The van der Waals surface area contributed by atoms with Gasteiger partial charge in [-0.05, 0) is 128 Å². The number of carbonyl (C=O) groups is 14. The highest BCUT2D eigenvalue weighted by molar-refractivity contribution is 6.30. The molecule has 1 aliphatic heterocycles. The van der Waals surface area contributed by atoms with Gasteiger partial charge in [0.15, 0.2) is 5.96 Å². The molecule has 1 aliphatic rings. The van der Waals surface area contributed by atoms with Crippen LogP contribution in [-0.2, 0) is 92.8 Å². The highest BCUT2D eigenvalue weighted by atomic mass is 35.5. The number of aliphatic hydroxyl groups excluding tert-OH is 1. The van der Waals surface area contributed by atoms with Gasteiger partial charge >= 0.3 is 0 Å². The molecule has 0 saturated carbocycles. The molecule has 2 heterocycles. The minimum atomic E-state index is -1.89. The molecule has 0 radical (unpaired) electrons. The van der Waals surface area contributed by atoms with Crippen LogP contribution in [0.1, 0.15) is 115 Å². The van der Waals surface area contributed by atoms with E-state index in [1.165, 1.54) is 69.3 Å². The fourth-order valence-electron chi connectivity index (χ4n) is 12.4. The topological polar surface area (TPSA) is 528 Å². The van der Waals surface area contributed by atoms with Gasteiger partial charge in [-0.15, -0.1) is 0 Å². The normalized spacial score (nSPS) is 15.1. The number of rotatable bonds is 43. The first-order chi connectivity index (χ1) is 53.3. The van der Waals surface area contributed by atoms with E-state index in [2.05, 4.69) is 74.1 Å². The summed E-state index contributed by atoms with van der Waals surface area (Å²) in [5.41, 5.74) is 12.9. The Morgan fingerprint density at radius 1 is 0.509 bits per heavy atom. The van der Waals surface area contributed by atoms with E-state index in [0.717, 1.165) is 10.8 Å². The zero-order valence-electron chi connectivity index (χ0n) is 63.5. The maximum absolute atomic E-state index is 15.1. The van der Waals surface area contributed by atoms with Gasteiger partial charge in [0.1, 0.15) is 72.2 Å². The lowest BCUT2D eigenvalue weighted by atomic mass is 9.99. The molecule has 0 aliphatic carbocycles. The van der Waals surface area contributed by atoms with Crippen molar-refractivity contribution in [3.8, 4) is 5.75 Å². The van der Waals surface area contributed by atoms with Crippen LogP contribution in [0, 0.1) is 11.3 Å². The lowest BCUT2D eigenvalue weighted by molar-refractivity contribution is -0.142. The molecule has 20 N–H and O–H groups in total. The monoisotopic (exact) mass is 1570 g/mol. The van der Waals surface area contributed by atoms with Crippen molar-refractivity contribution in [2.45, 2.75) is 185 Å². The van der Waals surface area contributed by atoms with Crippen LogP contribution in [0.4, 0.5) is 0 Å². The van der Waals surface area contributed by atoms with E-state index >= 15 is 9.59 Å². The molecule has 5 aromatic rings. The van der Waals surface area contributed by atoms with Crippen LogP contribution >= 0.6 is 11.6 Å². The summed E-state index contributed by atoms with van der Waals surface area (Å²) >= 11 is 6.25. The number of pyridine rings is 1. The number of nitrogens with one attached hydrogen (secondary N) is 14. The quantitative estimate of drug-likeness (QED) is 0.0126. The largest absolute Gasteiger partial charge is 0.508 e. The number of aliphatic hydroxyl groups is 1. The third-order valence-corrected chi connectivity index (χ3v) is 18.5. The van der Waals surface area contributed by atoms with Crippen LogP contribution in [0.25, 0.3) is 10.8 Å². The molecule has 34 nitrogen and oxygen atoms in total. The third-order valence-electron chi connectivity index (χ3n) is 18.2. The molecule has 35 heteroatoms. The van der Waals surface area contributed by atoms with Crippen molar-refractivity contribution in [1.29, 1.82) is 5.41 Å². The zero-order chi connectivity index (χ0) is 82.1. The van der Waals surface area contributed by atoms with Crippen molar-refractivity contribution in [1.82, 2.24) is 79.0 Å². The lowest BCUT2D eigenvalue weighted by Crippen LogP contribution is -2.61. The van der Waals surface area contributed by atoms with Gasteiger partial charge in [0.05, 0.1) is 6.61 Å². The van der Waals surface area contributed by atoms with Crippen molar-refractivity contribution in [3.05, 3.63) is 143 Å². The van der Waals surface area contributed by atoms with Gasteiger partial charge in [0.2, 0.25) is 82.7 Å². The number of hydrogen-bond acceptors (Lipinski definition) is 18. The lowest BCUT2D eigenvalue weighted by Gasteiger charge is -2.31. The first-order valence-electron chi connectivity index (χ1n) is 36.9. The van der Waals surface area contributed by atoms with Gasteiger partial charge in [-0.1, -0.05) is 98.2 Å². The minimum Gasteiger partial charge on any atom is -0.508 e. The molecule has 11 atom stereocenters. The number of aromatic hydroxyl groups is 1. The number of phenolic OH excluding ortho intramolecular Hbond substituents is 1. The summed E-state index contributed by atoms with van der Waals surface area (Å²) < 4.78 is 0. The first-order valence-corrected chi connectivity index (χ1v) is 37.3. The Hall–Kier alpha value is -11.8. The van der Waals surface area contributed by atoms with Crippen molar-refractivity contribution < 1.29 is 77.3 Å². The second-order valence-electron chi connectivity index (χ2n) is 27.9. The fraction of sp³-hybridized carbons (Fsp3) is 0.455. The van der Waals surface area contributed by atoms with E-state index in [9.17, 15) is 67.7 Å². The number of benzene rings is 4. The summed E-state index contributed by atoms with van der Waals surface area (Å²) in [5, 5.41) is 65.3. The van der Waals surface area contributed by atoms with Gasteiger partial charge < -0.3 is 95.7 Å². The number of halogens is 1. The van der Waals surface area contributed by atoms with E-state index in [1.54, 1.807) is 50.2 Å². The van der Waals surface area contributed by atoms with E-state index in [0.29, 0.717) is 33.7 Å². The Kier molecular flexibility index (Phi) is 35.6. The number of nitrogens with zero attached hydrogens (tertiary/aromatic N) is 2. The number of amides is 14. The van der Waals surface area contributed by atoms with E-state index in [4.69, 9.17) is 28.5 Å². The average molecular weight is 1570 g/mol. The Morgan fingerprint density at radius 2 is 1.00 bits per heavy atom. The molecular weight excluding hydrogens is 1470 g/mol. The van der Waals surface area contributed by atoms with Crippen LogP contribution in [-0.4, -0.2) is 208 Å². The Bertz CT molecular complexity index is 4120. The van der Waals surface area contributed by atoms with Gasteiger partial charge in [-0.25, -0.2) is 0 Å². The SMILES string of the molecule is CC(=O)NCC(NC(C)=O)C(=O)NCCCC[C@@H](NC(=O)[C@H](Cc1ccc(O)cc1)NC(=O)[C@H](CO)NC(=O)[C@@H](Cc1cccnc1)NC(=O)[C@@H](Cc1ccc(Cl)cc1)NC(=O)[C@@H](Cc1ccc2ccccc2c1)NC(C)=O)C(=O)N[C@@H](CC(C)C)C(=O)N[C@@H](CCCNC(=N)N)C(=O)N1CCC[C@H]1C(=O)N[C@H](C)C(N)=O. The molecule has 4 aromatic carbocycles. The van der Waals surface area contributed by atoms with E-state index < -0.39 is 156 Å². The minimum absolute atomic E-state index is 0.0114. The number of guanidine groups is 1. The molecule has 0 bridgehead atoms. The van der Waals surface area contributed by atoms with Crippen LogP contribution in [0.5, 0.6) is 5.75 Å². The average Bonchev–Trinajstić information content (AvgIpc) is 1.60. The molecule has 0 spiro atoms. The summed E-state index contributed by atoms with van der Waals surface area (Å²) in [5.74, 6) is -11.9. The van der Waals surface area contributed by atoms with Crippen LogP contribution in [0.3, 0.4) is 0 Å². The summed E-state index contributed by atoms with van der Waals surface area (Å²) in [7, 11) is 0. The molecule has 604 valence electrons. The van der Waals surface area contributed by atoms with E-state index in [1.807, 2.05) is 42.5 Å². The van der Waals surface area contributed by atoms with E-state index in [-0.39, 0.29) is 114 Å². The molecule has 112 heavy (non-hydrogen) atoms. The Balaban J connectivity index is 1.30. The van der Waals surface area contributed by atoms with Gasteiger partial charge in [0, 0.05) is 90.0 Å². The van der Waals surface area contributed by atoms with Crippen LogP contribution in [0.2, 0.25) is 5.02 Å². The number of aromatic nitrogens is 1. The number of unbranched alkanes of at least 4 members (excludes halogenated alkanes) is 1. The van der Waals surface area contributed by atoms with Crippen LogP contribution in [0.15, 0.2) is 116 Å². The molecule has 14 amide bonds. The summed E-state index contributed by atoms with van der Waals surface area (Å²) in [4.78, 5) is 199. The molecule has 6 rings (SSSR count). The van der Waals surface area contributed by atoms with Gasteiger partial charge in [-0.2, -0.15) is 0 Å². The second-order valence-corrected chi connectivity index (χ2v) is 28.4.